The second kappa shape index (κ2) is 10.3. The van der Waals surface area contributed by atoms with Crippen molar-refractivity contribution in [2.24, 2.45) is 0 Å². The number of aromatic carboxylic acids is 1. The lowest BCUT2D eigenvalue weighted by molar-refractivity contribution is -0.145. The fourth-order valence-corrected chi connectivity index (χ4v) is 5.73. The van der Waals surface area contributed by atoms with Crippen molar-refractivity contribution >= 4 is 40.9 Å². The highest BCUT2D eigenvalue weighted by molar-refractivity contribution is 7.57. The van der Waals surface area contributed by atoms with Gasteiger partial charge in [-0.15, -0.1) is 11.3 Å². The maximum absolute atomic E-state index is 15.7. The molecule has 2 N–H and O–H groups in total. The van der Waals surface area contributed by atoms with E-state index in [1.807, 2.05) is 6.92 Å². The van der Waals surface area contributed by atoms with Crippen molar-refractivity contribution in [1.82, 2.24) is 5.09 Å². The Labute approximate surface area is 188 Å². The summed E-state index contributed by atoms with van der Waals surface area (Å²) in [7, 11) is -4.32. The van der Waals surface area contributed by atoms with E-state index in [0.29, 0.717) is 16.5 Å². The fraction of sp³-hybridized carbons (Fsp3) is 0.273. The Bertz CT molecular complexity index is 1150. The number of ether oxygens (including phenoxy) is 1. The number of nitrogens with one attached hydrogen (secondary N) is 1. The average Bonchev–Trinajstić information content (AvgIpc) is 3.21. The third-order valence-corrected chi connectivity index (χ3v) is 7.71. The number of para-hydroxylation sites is 1. The number of hydrogen-bond donors (Lipinski definition) is 2. The van der Waals surface area contributed by atoms with Gasteiger partial charge >= 0.3 is 19.5 Å². The lowest BCUT2D eigenvalue weighted by Crippen LogP contribution is -2.35. The lowest BCUT2D eigenvalue weighted by Gasteiger charge is -2.26. The van der Waals surface area contributed by atoms with Crippen molar-refractivity contribution in [3.8, 4) is 5.75 Å². The van der Waals surface area contributed by atoms with E-state index in [1.54, 1.807) is 24.3 Å². The number of thiophene rings is 1. The maximum Gasteiger partial charge on any atom is 0.355 e. The highest BCUT2D eigenvalue weighted by Crippen LogP contribution is 2.58. The predicted molar refractivity (Wildman–Crippen MR) is 121 cm³/mol. The van der Waals surface area contributed by atoms with E-state index in [4.69, 9.17) is 9.26 Å². The standard InChI is InChI=1S/C22H23FNO6PS/c1-3-11-29-22(27)14(2)24-31(28,30-17-7-5-4-6-8-17)20(23)15-9-10-18-16(12-15)13-19(32-18)21(25)26/h4-10,12-14,20H,3,11H2,1-2H3,(H,24,28)(H,25,26)/t14-,20-,31?/m0/s1. The number of benzene rings is 2. The van der Waals surface area contributed by atoms with Gasteiger partial charge in [0.05, 0.1) is 6.61 Å². The fourth-order valence-electron chi connectivity index (χ4n) is 2.94. The molecule has 3 atom stereocenters. The minimum atomic E-state index is -4.32. The van der Waals surface area contributed by atoms with Crippen molar-refractivity contribution in [3.63, 3.8) is 0 Å². The zero-order valence-electron chi connectivity index (χ0n) is 17.5. The van der Waals surface area contributed by atoms with Gasteiger partial charge in [0.25, 0.3) is 0 Å². The first-order chi connectivity index (χ1) is 15.2. The lowest BCUT2D eigenvalue weighted by atomic mass is 10.2. The van der Waals surface area contributed by atoms with Crippen LogP contribution in [-0.4, -0.2) is 29.7 Å². The van der Waals surface area contributed by atoms with Gasteiger partial charge in [-0.2, -0.15) is 0 Å². The molecule has 0 saturated carbocycles. The Kier molecular flexibility index (Phi) is 7.66. The summed E-state index contributed by atoms with van der Waals surface area (Å²) in [4.78, 5) is 23.5. The zero-order chi connectivity index (χ0) is 23.3. The summed E-state index contributed by atoms with van der Waals surface area (Å²) in [6.07, 6.45) is 0.612. The molecule has 10 heteroatoms. The highest BCUT2D eigenvalue weighted by atomic mass is 32.1. The Morgan fingerprint density at radius 3 is 2.56 bits per heavy atom. The molecular weight excluding hydrogens is 456 g/mol. The number of halogens is 1. The number of carboxylic acids is 1. The van der Waals surface area contributed by atoms with Crippen LogP contribution in [0.4, 0.5) is 4.39 Å². The average molecular weight is 479 g/mol. The summed E-state index contributed by atoms with van der Waals surface area (Å²) in [5, 5.41) is 12.2. The first kappa shape index (κ1) is 23.9. The number of hydrogen-bond acceptors (Lipinski definition) is 6. The summed E-state index contributed by atoms with van der Waals surface area (Å²) in [6.45, 7) is 3.45. The van der Waals surface area contributed by atoms with Gasteiger partial charge in [-0.25, -0.2) is 14.3 Å². The van der Waals surface area contributed by atoms with Crippen molar-refractivity contribution < 1.29 is 32.9 Å². The number of carbonyl (C=O) groups excluding carboxylic acids is 1. The number of esters is 1. The van der Waals surface area contributed by atoms with Crippen LogP contribution in [0.2, 0.25) is 0 Å². The predicted octanol–water partition coefficient (Wildman–Crippen LogP) is 5.77. The van der Waals surface area contributed by atoms with E-state index in [1.165, 1.54) is 37.3 Å². The first-order valence-electron chi connectivity index (χ1n) is 9.93. The molecule has 1 aromatic heterocycles. The van der Waals surface area contributed by atoms with E-state index in [-0.39, 0.29) is 22.8 Å². The highest BCUT2D eigenvalue weighted by Gasteiger charge is 2.40. The van der Waals surface area contributed by atoms with Crippen LogP contribution in [0.15, 0.2) is 54.6 Å². The van der Waals surface area contributed by atoms with Gasteiger partial charge in [0.1, 0.15) is 16.7 Å². The van der Waals surface area contributed by atoms with Crippen molar-refractivity contribution in [2.75, 3.05) is 6.61 Å². The second-order valence-electron chi connectivity index (χ2n) is 7.07. The molecule has 170 valence electrons. The molecule has 3 aromatic rings. The molecule has 1 unspecified atom stereocenters. The molecule has 0 aliphatic carbocycles. The van der Waals surface area contributed by atoms with Gasteiger partial charge in [-0.1, -0.05) is 31.2 Å². The first-order valence-corrected chi connectivity index (χ1v) is 12.4. The van der Waals surface area contributed by atoms with Crippen LogP contribution in [0.25, 0.3) is 10.1 Å². The third-order valence-electron chi connectivity index (χ3n) is 4.48. The normalized spacial score (nSPS) is 15.0. The third kappa shape index (κ3) is 5.54. The molecular formula is C22H23FNO6PS. The topological polar surface area (TPSA) is 102 Å². The smallest absolute Gasteiger partial charge is 0.355 e. The number of fused-ring (bicyclic) bond motifs is 1. The molecule has 32 heavy (non-hydrogen) atoms. The van der Waals surface area contributed by atoms with Gasteiger partial charge in [-0.3, -0.25) is 9.36 Å². The minimum Gasteiger partial charge on any atom is -0.477 e. The van der Waals surface area contributed by atoms with Gasteiger partial charge < -0.3 is 14.4 Å². The molecule has 0 fully saturated rings. The van der Waals surface area contributed by atoms with Crippen LogP contribution in [0.3, 0.4) is 0 Å². The van der Waals surface area contributed by atoms with E-state index >= 15 is 4.39 Å². The molecule has 0 aliphatic heterocycles. The van der Waals surface area contributed by atoms with E-state index in [0.717, 1.165) is 11.3 Å². The molecule has 0 saturated heterocycles. The summed E-state index contributed by atoms with van der Waals surface area (Å²) < 4.78 is 40.7. The number of rotatable bonds is 10. The largest absolute Gasteiger partial charge is 0.477 e. The van der Waals surface area contributed by atoms with Gasteiger partial charge in [0.15, 0.2) is 0 Å². The minimum absolute atomic E-state index is 0.0353. The van der Waals surface area contributed by atoms with Gasteiger partial charge in [0.2, 0.25) is 5.91 Å². The number of carboxylic acid groups (broad SMARTS) is 1. The molecule has 0 bridgehead atoms. The molecule has 1 heterocycles. The van der Waals surface area contributed by atoms with Crippen molar-refractivity contribution in [3.05, 3.63) is 65.0 Å². The quantitative estimate of drug-likeness (QED) is 0.281. The Morgan fingerprint density at radius 1 is 1.19 bits per heavy atom. The molecule has 0 spiro atoms. The van der Waals surface area contributed by atoms with Crippen LogP contribution in [0, 0.1) is 0 Å². The summed E-state index contributed by atoms with van der Waals surface area (Å²) in [6, 6.07) is 12.9. The summed E-state index contributed by atoms with van der Waals surface area (Å²) >= 11 is 1.06. The van der Waals surface area contributed by atoms with Crippen LogP contribution < -0.4 is 9.61 Å². The Hall–Kier alpha value is -2.74. The van der Waals surface area contributed by atoms with Crippen LogP contribution in [-0.2, 0) is 14.1 Å². The molecule has 0 radical (unpaired) electrons. The summed E-state index contributed by atoms with van der Waals surface area (Å²) in [5.41, 5.74) is 0.0353. The SMILES string of the molecule is CCCOC(=O)[C@H](C)NP(=O)(Oc1ccccc1)[C@H](F)c1ccc2sc(C(=O)O)cc2c1. The molecule has 3 rings (SSSR count). The number of alkyl halides is 1. The van der Waals surface area contributed by atoms with Gasteiger partial charge in [-0.05, 0) is 54.6 Å². The van der Waals surface area contributed by atoms with Gasteiger partial charge in [0, 0.05) is 4.70 Å². The Morgan fingerprint density at radius 2 is 1.91 bits per heavy atom. The van der Waals surface area contributed by atoms with Crippen LogP contribution in [0.5, 0.6) is 5.75 Å². The zero-order valence-corrected chi connectivity index (χ0v) is 19.2. The Balaban J connectivity index is 1.94. The van der Waals surface area contributed by atoms with Crippen LogP contribution >= 0.6 is 18.9 Å². The summed E-state index contributed by atoms with van der Waals surface area (Å²) in [5.74, 6) is -3.70. The van der Waals surface area contributed by atoms with E-state index in [2.05, 4.69) is 5.09 Å². The van der Waals surface area contributed by atoms with E-state index < -0.39 is 31.4 Å². The van der Waals surface area contributed by atoms with Crippen LogP contribution in [0.1, 0.15) is 41.4 Å². The molecule has 2 aromatic carbocycles. The van der Waals surface area contributed by atoms with E-state index in [9.17, 15) is 19.3 Å². The molecule has 7 nitrogen and oxygen atoms in total. The maximum atomic E-state index is 15.7. The molecule has 0 aliphatic rings. The molecule has 0 amide bonds. The van der Waals surface area contributed by atoms with Crippen molar-refractivity contribution in [1.29, 1.82) is 0 Å². The monoisotopic (exact) mass is 479 g/mol. The van der Waals surface area contributed by atoms with Crippen molar-refractivity contribution in [2.45, 2.75) is 32.2 Å². The number of carbonyl (C=O) groups is 2. The second-order valence-corrected chi connectivity index (χ2v) is 10.2.